The number of benzene rings is 1. The molecule has 0 bridgehead atoms. The molecule has 0 atom stereocenters. The van der Waals surface area contributed by atoms with Crippen LogP contribution >= 0.6 is 15.9 Å². The number of anilines is 1. The van der Waals surface area contributed by atoms with Gasteiger partial charge in [-0.1, -0.05) is 34.1 Å². The summed E-state index contributed by atoms with van der Waals surface area (Å²) in [5.74, 6) is 0.588. The number of imidazole rings is 1. The molecule has 4 heteroatoms. The van der Waals surface area contributed by atoms with Crippen LogP contribution in [0.3, 0.4) is 0 Å². The minimum atomic E-state index is 0.588. The number of nitrogens with zero attached hydrogens (tertiary/aromatic N) is 2. The molecule has 0 saturated carbocycles. The Balaban J connectivity index is 2.24. The second-order valence-electron chi connectivity index (χ2n) is 3.64. The van der Waals surface area contributed by atoms with Crippen molar-refractivity contribution < 1.29 is 0 Å². The Morgan fingerprint density at radius 1 is 1.38 bits per heavy atom. The van der Waals surface area contributed by atoms with E-state index in [1.165, 1.54) is 5.56 Å². The Kier molecular flexibility index (Phi) is 3.29. The summed E-state index contributed by atoms with van der Waals surface area (Å²) in [7, 11) is 0. The first-order valence-corrected chi connectivity index (χ1v) is 6.05. The summed E-state index contributed by atoms with van der Waals surface area (Å²) in [6, 6.07) is 8.16. The SMILES string of the molecule is CCn1cc(Cc2ccccc2Br)nc1N. The normalized spacial score (nSPS) is 10.6. The summed E-state index contributed by atoms with van der Waals surface area (Å²) in [5, 5.41) is 0. The van der Waals surface area contributed by atoms with Crippen LogP contribution < -0.4 is 5.73 Å². The molecule has 0 aliphatic heterocycles. The first-order valence-electron chi connectivity index (χ1n) is 5.25. The summed E-state index contributed by atoms with van der Waals surface area (Å²) >= 11 is 3.53. The van der Waals surface area contributed by atoms with Gasteiger partial charge < -0.3 is 10.3 Å². The van der Waals surface area contributed by atoms with Crippen LogP contribution in [0.15, 0.2) is 34.9 Å². The molecule has 0 unspecified atom stereocenters. The molecule has 1 aromatic heterocycles. The van der Waals surface area contributed by atoms with Gasteiger partial charge in [-0.15, -0.1) is 0 Å². The lowest BCUT2D eigenvalue weighted by Gasteiger charge is -2.00. The maximum absolute atomic E-state index is 5.78. The molecule has 1 heterocycles. The topological polar surface area (TPSA) is 43.8 Å². The maximum Gasteiger partial charge on any atom is 0.200 e. The third-order valence-electron chi connectivity index (χ3n) is 2.53. The van der Waals surface area contributed by atoms with E-state index in [-0.39, 0.29) is 0 Å². The van der Waals surface area contributed by atoms with Crippen molar-refractivity contribution in [1.29, 1.82) is 0 Å². The second-order valence-corrected chi connectivity index (χ2v) is 4.50. The van der Waals surface area contributed by atoms with E-state index in [0.29, 0.717) is 5.95 Å². The molecule has 1 aromatic carbocycles. The molecule has 0 aliphatic rings. The Labute approximate surface area is 103 Å². The van der Waals surface area contributed by atoms with Crippen LogP contribution in [0.25, 0.3) is 0 Å². The number of rotatable bonds is 3. The highest BCUT2D eigenvalue weighted by atomic mass is 79.9. The largest absolute Gasteiger partial charge is 0.369 e. The van der Waals surface area contributed by atoms with Crippen molar-refractivity contribution >= 4 is 21.9 Å². The minimum Gasteiger partial charge on any atom is -0.369 e. The van der Waals surface area contributed by atoms with Crippen molar-refractivity contribution in [3.63, 3.8) is 0 Å². The monoisotopic (exact) mass is 279 g/mol. The summed E-state index contributed by atoms with van der Waals surface area (Å²) in [6.45, 7) is 2.91. The van der Waals surface area contributed by atoms with Crippen molar-refractivity contribution in [3.05, 3.63) is 46.2 Å². The van der Waals surface area contributed by atoms with Crippen LogP contribution in [0.2, 0.25) is 0 Å². The second kappa shape index (κ2) is 4.70. The minimum absolute atomic E-state index is 0.588. The van der Waals surface area contributed by atoms with Crippen LogP contribution in [-0.2, 0) is 13.0 Å². The van der Waals surface area contributed by atoms with Gasteiger partial charge in [-0.2, -0.15) is 0 Å². The predicted octanol–water partition coefficient (Wildman–Crippen LogP) is 2.84. The number of aromatic nitrogens is 2. The van der Waals surface area contributed by atoms with Gasteiger partial charge in [-0.05, 0) is 18.6 Å². The fourth-order valence-corrected chi connectivity index (χ4v) is 2.09. The van der Waals surface area contributed by atoms with E-state index in [9.17, 15) is 0 Å². The van der Waals surface area contributed by atoms with E-state index >= 15 is 0 Å². The molecule has 3 nitrogen and oxygen atoms in total. The van der Waals surface area contributed by atoms with E-state index in [0.717, 1.165) is 23.1 Å². The summed E-state index contributed by atoms with van der Waals surface area (Å²) in [5.41, 5.74) is 8.01. The molecule has 2 aromatic rings. The van der Waals surface area contributed by atoms with E-state index in [1.807, 2.05) is 29.0 Å². The van der Waals surface area contributed by atoms with Crippen LogP contribution in [0.1, 0.15) is 18.2 Å². The van der Waals surface area contributed by atoms with E-state index in [2.05, 4.69) is 33.9 Å². The van der Waals surface area contributed by atoms with Gasteiger partial charge in [-0.3, -0.25) is 0 Å². The number of nitrogens with two attached hydrogens (primary N) is 1. The Morgan fingerprint density at radius 2 is 2.12 bits per heavy atom. The lowest BCUT2D eigenvalue weighted by atomic mass is 10.1. The molecule has 0 fully saturated rings. The molecular formula is C12H14BrN3. The van der Waals surface area contributed by atoms with Gasteiger partial charge >= 0.3 is 0 Å². The van der Waals surface area contributed by atoms with Crippen LogP contribution in [0, 0.1) is 0 Å². The maximum atomic E-state index is 5.78. The highest BCUT2D eigenvalue weighted by Crippen LogP contribution is 2.19. The number of nitrogen functional groups attached to an aromatic ring is 1. The Morgan fingerprint density at radius 3 is 2.75 bits per heavy atom. The summed E-state index contributed by atoms with van der Waals surface area (Å²) in [4.78, 5) is 4.34. The average Bonchev–Trinajstić information content (AvgIpc) is 2.62. The Hall–Kier alpha value is -1.29. The zero-order valence-electron chi connectivity index (χ0n) is 9.15. The molecule has 0 spiro atoms. The lowest BCUT2D eigenvalue weighted by Crippen LogP contribution is -1.98. The average molecular weight is 280 g/mol. The zero-order chi connectivity index (χ0) is 11.5. The third kappa shape index (κ3) is 2.27. The van der Waals surface area contributed by atoms with Crippen molar-refractivity contribution in [2.75, 3.05) is 5.73 Å². The van der Waals surface area contributed by atoms with Gasteiger partial charge in [0.15, 0.2) is 5.95 Å². The van der Waals surface area contributed by atoms with Crippen LogP contribution in [0.4, 0.5) is 5.95 Å². The van der Waals surface area contributed by atoms with E-state index in [1.54, 1.807) is 0 Å². The third-order valence-corrected chi connectivity index (χ3v) is 3.30. The van der Waals surface area contributed by atoms with E-state index < -0.39 is 0 Å². The van der Waals surface area contributed by atoms with Crippen molar-refractivity contribution in [1.82, 2.24) is 9.55 Å². The molecule has 2 rings (SSSR count). The molecule has 0 amide bonds. The summed E-state index contributed by atoms with van der Waals surface area (Å²) < 4.78 is 3.06. The first-order chi connectivity index (χ1) is 7.70. The van der Waals surface area contributed by atoms with Crippen LogP contribution in [-0.4, -0.2) is 9.55 Å². The quantitative estimate of drug-likeness (QED) is 0.939. The highest BCUT2D eigenvalue weighted by Gasteiger charge is 2.06. The van der Waals surface area contributed by atoms with Gasteiger partial charge in [0.05, 0.1) is 5.69 Å². The standard InChI is InChI=1S/C12H14BrN3/c1-2-16-8-10(15-12(16)14)7-9-5-3-4-6-11(9)13/h3-6,8H,2,7H2,1H3,(H2,14,15). The van der Waals surface area contributed by atoms with Gasteiger partial charge in [0.2, 0.25) is 0 Å². The van der Waals surface area contributed by atoms with Gasteiger partial charge in [0.1, 0.15) is 0 Å². The van der Waals surface area contributed by atoms with Gasteiger partial charge in [-0.25, -0.2) is 4.98 Å². The predicted molar refractivity (Wildman–Crippen MR) is 69.3 cm³/mol. The lowest BCUT2D eigenvalue weighted by molar-refractivity contribution is 0.773. The molecule has 2 N–H and O–H groups in total. The number of halogens is 1. The smallest absolute Gasteiger partial charge is 0.200 e. The number of aryl methyl sites for hydroxylation is 1. The Bertz CT molecular complexity index is 491. The molecule has 84 valence electrons. The van der Waals surface area contributed by atoms with Gasteiger partial charge in [0.25, 0.3) is 0 Å². The number of hydrogen-bond acceptors (Lipinski definition) is 2. The molecule has 16 heavy (non-hydrogen) atoms. The summed E-state index contributed by atoms with van der Waals surface area (Å²) in [6.07, 6.45) is 2.81. The fourth-order valence-electron chi connectivity index (χ4n) is 1.66. The fraction of sp³-hybridized carbons (Fsp3) is 0.250. The first kappa shape index (κ1) is 11.2. The molecular weight excluding hydrogens is 266 g/mol. The molecule has 0 radical (unpaired) electrons. The number of hydrogen-bond donors (Lipinski definition) is 1. The van der Waals surface area contributed by atoms with Gasteiger partial charge in [0, 0.05) is 23.6 Å². The molecule has 0 saturated heterocycles. The van der Waals surface area contributed by atoms with Crippen LogP contribution in [0.5, 0.6) is 0 Å². The molecule has 0 aliphatic carbocycles. The van der Waals surface area contributed by atoms with Crippen molar-refractivity contribution in [2.45, 2.75) is 19.9 Å². The highest BCUT2D eigenvalue weighted by molar-refractivity contribution is 9.10. The van der Waals surface area contributed by atoms with E-state index in [4.69, 9.17) is 5.73 Å². The zero-order valence-corrected chi connectivity index (χ0v) is 10.7. The van der Waals surface area contributed by atoms with Crippen molar-refractivity contribution in [2.24, 2.45) is 0 Å². The van der Waals surface area contributed by atoms with Crippen molar-refractivity contribution in [3.8, 4) is 0 Å².